The second kappa shape index (κ2) is 9.84. The molecular formula is C21H29N5O7S. The van der Waals surface area contributed by atoms with E-state index < -0.39 is 26.9 Å². The molecule has 0 unspecified atom stereocenters. The highest BCUT2D eigenvalue weighted by atomic mass is 32.2. The first-order valence-corrected chi connectivity index (χ1v) is 12.8. The molecule has 2 N–H and O–H groups in total. The van der Waals surface area contributed by atoms with Crippen molar-refractivity contribution in [1.82, 2.24) is 9.21 Å². The number of nitrogens with two attached hydrogens (primary N) is 1. The molecule has 1 aromatic rings. The van der Waals surface area contributed by atoms with Gasteiger partial charge in [0.15, 0.2) is 0 Å². The summed E-state index contributed by atoms with van der Waals surface area (Å²) in [6.45, 7) is 2.29. The topological polar surface area (TPSA) is 156 Å². The number of ether oxygens (including phenoxy) is 1. The Morgan fingerprint density at radius 1 is 1.06 bits per heavy atom. The van der Waals surface area contributed by atoms with Gasteiger partial charge >= 0.3 is 0 Å². The van der Waals surface area contributed by atoms with Gasteiger partial charge in [-0.05, 0) is 37.8 Å². The summed E-state index contributed by atoms with van der Waals surface area (Å²) in [4.78, 5) is 39.1. The largest absolute Gasteiger partial charge is 0.379 e. The van der Waals surface area contributed by atoms with Crippen LogP contribution in [-0.4, -0.2) is 86.3 Å². The van der Waals surface area contributed by atoms with E-state index in [1.165, 1.54) is 16.4 Å². The number of sulfonamides is 1. The summed E-state index contributed by atoms with van der Waals surface area (Å²) in [6.07, 6.45) is 2.27. The van der Waals surface area contributed by atoms with Crippen LogP contribution in [0.4, 0.5) is 11.4 Å². The summed E-state index contributed by atoms with van der Waals surface area (Å²) in [5.74, 6) is -0.871. The van der Waals surface area contributed by atoms with E-state index in [1.54, 1.807) is 4.90 Å². The van der Waals surface area contributed by atoms with Crippen LogP contribution in [0, 0.1) is 16.0 Å². The van der Waals surface area contributed by atoms with E-state index in [0.717, 1.165) is 12.5 Å². The quantitative estimate of drug-likeness (QED) is 0.436. The third-order valence-corrected chi connectivity index (χ3v) is 8.70. The molecule has 0 aromatic heterocycles. The monoisotopic (exact) mass is 495 g/mol. The molecule has 3 fully saturated rings. The van der Waals surface area contributed by atoms with Crippen LogP contribution in [0.15, 0.2) is 23.1 Å². The Hall–Kier alpha value is -2.77. The van der Waals surface area contributed by atoms with E-state index >= 15 is 0 Å². The number of likely N-dealkylation sites (tertiary alicyclic amines) is 1. The molecular weight excluding hydrogens is 466 g/mol. The van der Waals surface area contributed by atoms with Crippen LogP contribution in [0.1, 0.15) is 25.7 Å². The van der Waals surface area contributed by atoms with Gasteiger partial charge in [-0.1, -0.05) is 0 Å². The number of nitro groups is 1. The van der Waals surface area contributed by atoms with Gasteiger partial charge in [-0.25, -0.2) is 8.42 Å². The van der Waals surface area contributed by atoms with Gasteiger partial charge in [0.05, 0.1) is 23.0 Å². The van der Waals surface area contributed by atoms with Crippen LogP contribution in [0.5, 0.6) is 0 Å². The zero-order chi connectivity index (χ0) is 24.5. The van der Waals surface area contributed by atoms with Crippen LogP contribution in [-0.2, 0) is 24.3 Å². The summed E-state index contributed by atoms with van der Waals surface area (Å²) in [6, 6.07) is 3.41. The second-order valence-electron chi connectivity index (χ2n) is 8.78. The van der Waals surface area contributed by atoms with Gasteiger partial charge in [-0.3, -0.25) is 19.7 Å². The Bertz CT molecular complexity index is 1070. The molecule has 0 radical (unpaired) electrons. The summed E-state index contributed by atoms with van der Waals surface area (Å²) >= 11 is 0. The van der Waals surface area contributed by atoms with Crippen LogP contribution in [0.3, 0.4) is 0 Å². The summed E-state index contributed by atoms with van der Waals surface area (Å²) in [7, 11) is -3.86. The van der Waals surface area contributed by atoms with Gasteiger partial charge in [0, 0.05) is 44.7 Å². The lowest BCUT2D eigenvalue weighted by atomic mass is 9.94. The molecule has 1 atom stereocenters. The number of nitrogens with zero attached hydrogens (tertiary/aromatic N) is 4. The molecule has 4 rings (SSSR count). The number of rotatable bonds is 6. The molecule has 13 heteroatoms. The number of primary amides is 1. The number of benzene rings is 1. The van der Waals surface area contributed by atoms with Gasteiger partial charge in [0.1, 0.15) is 11.7 Å². The number of anilines is 1. The number of hydrogen-bond acceptors (Lipinski definition) is 8. The van der Waals surface area contributed by atoms with E-state index in [4.69, 9.17) is 10.5 Å². The highest BCUT2D eigenvalue weighted by Gasteiger charge is 2.38. The van der Waals surface area contributed by atoms with Crippen molar-refractivity contribution in [3.8, 4) is 0 Å². The summed E-state index contributed by atoms with van der Waals surface area (Å²) in [5, 5.41) is 11.8. The zero-order valence-electron chi connectivity index (χ0n) is 18.8. The van der Waals surface area contributed by atoms with E-state index in [2.05, 4.69) is 0 Å². The van der Waals surface area contributed by atoms with E-state index in [1.807, 2.05) is 4.90 Å². The molecule has 3 heterocycles. The molecule has 3 saturated heterocycles. The molecule has 3 aliphatic heterocycles. The van der Waals surface area contributed by atoms with Crippen molar-refractivity contribution >= 4 is 33.2 Å². The Morgan fingerprint density at radius 2 is 1.74 bits per heavy atom. The Kier molecular flexibility index (Phi) is 7.05. The van der Waals surface area contributed by atoms with Crippen LogP contribution in [0.25, 0.3) is 0 Å². The first-order chi connectivity index (χ1) is 16.2. The molecule has 0 saturated carbocycles. The Balaban J connectivity index is 1.48. The van der Waals surface area contributed by atoms with Gasteiger partial charge < -0.3 is 20.3 Å². The van der Waals surface area contributed by atoms with Gasteiger partial charge in [-0.15, -0.1) is 0 Å². The number of piperidine rings is 1. The third kappa shape index (κ3) is 4.72. The lowest BCUT2D eigenvalue weighted by Crippen LogP contribution is -2.48. The third-order valence-electron chi connectivity index (χ3n) is 6.80. The lowest BCUT2D eigenvalue weighted by Gasteiger charge is -2.35. The number of morpholine rings is 1. The lowest BCUT2D eigenvalue weighted by molar-refractivity contribution is -0.384. The molecule has 0 bridgehead atoms. The minimum absolute atomic E-state index is 0.0950. The summed E-state index contributed by atoms with van der Waals surface area (Å²) in [5.41, 5.74) is 5.47. The molecule has 2 amide bonds. The van der Waals surface area contributed by atoms with Crippen LogP contribution < -0.4 is 10.6 Å². The molecule has 3 aliphatic rings. The maximum Gasteiger partial charge on any atom is 0.293 e. The molecule has 186 valence electrons. The Labute approximate surface area is 197 Å². The van der Waals surface area contributed by atoms with Crippen molar-refractivity contribution in [3.05, 3.63) is 28.3 Å². The molecule has 34 heavy (non-hydrogen) atoms. The minimum Gasteiger partial charge on any atom is -0.379 e. The maximum absolute atomic E-state index is 13.0. The second-order valence-corrected chi connectivity index (χ2v) is 10.7. The van der Waals surface area contributed by atoms with Crippen molar-refractivity contribution < 1.29 is 27.7 Å². The molecule has 0 spiro atoms. The minimum atomic E-state index is -3.86. The average molecular weight is 496 g/mol. The van der Waals surface area contributed by atoms with Gasteiger partial charge in [-0.2, -0.15) is 4.31 Å². The molecule has 12 nitrogen and oxygen atoms in total. The van der Waals surface area contributed by atoms with Gasteiger partial charge in [0.2, 0.25) is 21.8 Å². The van der Waals surface area contributed by atoms with Crippen molar-refractivity contribution in [2.24, 2.45) is 11.7 Å². The predicted octanol–water partition coefficient (Wildman–Crippen LogP) is 0.308. The van der Waals surface area contributed by atoms with E-state index in [9.17, 15) is 28.1 Å². The fraction of sp³-hybridized carbons (Fsp3) is 0.619. The SMILES string of the molecule is NC(=O)[C@H]1CCCN1C(=O)C1CCN(c2ccc(S(=O)(=O)N3CCOCC3)cc2[N+](=O)[O-])CC1. The number of nitro benzene ring substituents is 1. The zero-order valence-corrected chi connectivity index (χ0v) is 19.6. The van der Waals surface area contributed by atoms with Crippen LogP contribution in [0.2, 0.25) is 0 Å². The normalized spacial score (nSPS) is 22.6. The average Bonchev–Trinajstić information content (AvgIpc) is 3.34. The Morgan fingerprint density at radius 3 is 2.35 bits per heavy atom. The van der Waals surface area contributed by atoms with E-state index in [0.29, 0.717) is 44.6 Å². The van der Waals surface area contributed by atoms with Crippen molar-refractivity contribution in [2.45, 2.75) is 36.6 Å². The number of hydrogen-bond donors (Lipinski definition) is 1. The standard InChI is InChI=1S/C21H29N5O7S/c22-20(27)18-2-1-7-25(18)21(28)15-5-8-23(9-6-15)17-4-3-16(14-19(17)26(29)30)34(31,32)24-10-12-33-13-11-24/h3-4,14-15,18H,1-2,5-13H2,(H2,22,27)/t18-/m1/s1. The highest BCUT2D eigenvalue weighted by Crippen LogP contribution is 2.35. The van der Waals surface area contributed by atoms with Crippen molar-refractivity contribution in [1.29, 1.82) is 0 Å². The van der Waals surface area contributed by atoms with Crippen molar-refractivity contribution in [2.75, 3.05) is 50.8 Å². The fourth-order valence-corrected chi connectivity index (χ4v) is 6.37. The number of amides is 2. The maximum atomic E-state index is 13.0. The number of carbonyl (C=O) groups is 2. The van der Waals surface area contributed by atoms with Crippen molar-refractivity contribution in [3.63, 3.8) is 0 Å². The first-order valence-electron chi connectivity index (χ1n) is 11.4. The molecule has 0 aliphatic carbocycles. The predicted molar refractivity (Wildman–Crippen MR) is 122 cm³/mol. The van der Waals surface area contributed by atoms with Gasteiger partial charge in [0.25, 0.3) is 5.69 Å². The first kappa shape index (κ1) is 24.4. The fourth-order valence-electron chi connectivity index (χ4n) is 4.94. The smallest absolute Gasteiger partial charge is 0.293 e. The number of carbonyl (C=O) groups excluding carboxylic acids is 2. The molecule has 1 aromatic carbocycles. The van der Waals surface area contributed by atoms with E-state index in [-0.39, 0.29) is 48.7 Å². The highest BCUT2D eigenvalue weighted by molar-refractivity contribution is 7.89. The summed E-state index contributed by atoms with van der Waals surface area (Å²) < 4.78 is 32.3. The van der Waals surface area contributed by atoms with Crippen LogP contribution >= 0.6 is 0 Å².